The van der Waals surface area contributed by atoms with Gasteiger partial charge in [-0.25, -0.2) is 44.7 Å². The summed E-state index contributed by atoms with van der Waals surface area (Å²) < 4.78 is 24.8. The number of aliphatic carboxylic acids is 1. The maximum Gasteiger partial charge on any atom is 0.358 e. The topological polar surface area (TPSA) is 434 Å². The average molecular weight is 1410 g/mol. The molecule has 0 saturated carbocycles. The van der Waals surface area contributed by atoms with Gasteiger partial charge in [0.1, 0.15) is 52.1 Å². The molecule has 0 radical (unpaired) electrons. The fraction of sp³-hybridized carbons (Fsp3) is 0.486. The number of anilines is 2. The lowest BCUT2D eigenvalue weighted by molar-refractivity contribution is -0.157. The Morgan fingerprint density at radius 3 is 1.22 bits per heavy atom. The van der Waals surface area contributed by atoms with Gasteiger partial charge in [0.25, 0.3) is 0 Å². The minimum atomic E-state index is -1.26. The number of aromatic carboxylic acids is 1. The first kappa shape index (κ1) is 86.5. The number of oxazole rings is 2. The Morgan fingerprint density at radius 1 is 0.535 bits per heavy atom. The number of nitrogen functional groups attached to an aromatic ring is 2. The van der Waals surface area contributed by atoms with Crippen LogP contribution in [0.1, 0.15) is 154 Å². The molecular weight excluding hydrogens is 1300 g/mol. The van der Waals surface area contributed by atoms with E-state index < -0.39 is 23.1 Å². The quantitative estimate of drug-likeness (QED) is 0.0306. The molecule has 9 N–H and O–H groups in total. The molecule has 4 atom stereocenters. The summed E-state index contributed by atoms with van der Waals surface area (Å²) in [5, 5.41) is 20.5. The number of pyridine rings is 2. The zero-order valence-electron chi connectivity index (χ0n) is 61.0. The maximum atomic E-state index is 13.1. The Hall–Kier alpha value is -10.6. The number of nitrogens with one attached hydrogen (secondary N) is 1. The second kappa shape index (κ2) is 39.9. The summed E-state index contributed by atoms with van der Waals surface area (Å²) in [6, 6.07) is 7.26. The van der Waals surface area contributed by atoms with Gasteiger partial charge >= 0.3 is 23.9 Å². The molecule has 0 aliphatic rings. The number of aromatic nitrogens is 10. The van der Waals surface area contributed by atoms with Crippen LogP contribution in [-0.4, -0.2) is 195 Å². The van der Waals surface area contributed by atoms with Crippen molar-refractivity contribution in [2.24, 2.45) is 23.5 Å². The lowest BCUT2D eigenvalue weighted by Crippen LogP contribution is -2.28. The highest BCUT2D eigenvalue weighted by molar-refractivity contribution is 6.00. The Balaban J connectivity index is 0.000000453. The van der Waals surface area contributed by atoms with E-state index in [-0.39, 0.29) is 139 Å². The average Bonchev–Trinajstić information content (AvgIpc) is 1.75. The van der Waals surface area contributed by atoms with E-state index >= 15 is 0 Å². The lowest BCUT2D eigenvalue weighted by atomic mass is 9.98. The second-order valence-corrected chi connectivity index (χ2v) is 26.5. The first-order valence-corrected chi connectivity index (χ1v) is 32.0. The smallest absolute Gasteiger partial charge is 0.358 e. The number of Topliss-reactive ketones (excluding diaryl/α,β-unsaturated/α-hetero) is 1. The number of hydrogen-bond acceptors (Lipinski definition) is 24. The predicted octanol–water partition coefficient (Wildman–Crippen LogP) is 9.00. The molecule has 0 saturated heterocycles. The Bertz CT molecular complexity index is 4020. The van der Waals surface area contributed by atoms with Gasteiger partial charge in [-0.1, -0.05) is 28.2 Å². The number of carboxylic acids is 2. The Kier molecular flexibility index (Phi) is 34.2. The summed E-state index contributed by atoms with van der Waals surface area (Å²) in [5.41, 5.74) is 22.1. The first-order valence-electron chi connectivity index (χ1n) is 32.0. The highest BCUT2D eigenvalue weighted by atomic mass is 16.6. The summed E-state index contributed by atoms with van der Waals surface area (Å²) in [7, 11) is 14.0. The van der Waals surface area contributed by atoms with Crippen molar-refractivity contribution in [3.63, 3.8) is 0 Å². The van der Waals surface area contributed by atoms with Gasteiger partial charge < -0.3 is 74.5 Å². The lowest BCUT2D eigenvalue weighted by Gasteiger charge is -2.21. The van der Waals surface area contributed by atoms with Crippen LogP contribution in [0, 0.1) is 31.6 Å². The van der Waals surface area contributed by atoms with Crippen molar-refractivity contribution < 1.29 is 66.9 Å². The van der Waals surface area contributed by atoms with Crippen molar-refractivity contribution in [2.75, 3.05) is 67.8 Å². The molecule has 0 fully saturated rings. The van der Waals surface area contributed by atoms with E-state index in [9.17, 15) is 43.5 Å². The first-order chi connectivity index (χ1) is 46.6. The minimum Gasteiger partial charge on any atom is -0.481 e. The van der Waals surface area contributed by atoms with Gasteiger partial charge in [0.05, 0.1) is 12.4 Å². The van der Waals surface area contributed by atoms with Crippen molar-refractivity contribution in [1.82, 2.24) is 68.7 Å². The van der Waals surface area contributed by atoms with E-state index in [0.717, 1.165) is 22.7 Å². The van der Waals surface area contributed by atoms with Crippen LogP contribution in [0.15, 0.2) is 82.8 Å². The highest BCUT2D eigenvalue weighted by Crippen LogP contribution is 2.33. The molecule has 0 spiro atoms. The number of carbonyl (C=O) groups is 8. The van der Waals surface area contributed by atoms with Crippen LogP contribution in [0.25, 0.3) is 57.0 Å². The van der Waals surface area contributed by atoms with Crippen LogP contribution in [0.4, 0.5) is 11.6 Å². The number of esters is 2. The molecule has 8 rings (SSSR count). The van der Waals surface area contributed by atoms with Crippen molar-refractivity contribution in [3.8, 4) is 45.7 Å². The summed E-state index contributed by atoms with van der Waals surface area (Å²) in [6.07, 6.45) is 14.6. The van der Waals surface area contributed by atoms with Gasteiger partial charge in [-0.3, -0.25) is 33.6 Å². The molecule has 0 unspecified atom stereocenters. The molecule has 101 heavy (non-hydrogen) atoms. The second-order valence-electron chi connectivity index (χ2n) is 26.5. The highest BCUT2D eigenvalue weighted by Gasteiger charge is 2.27. The number of imidazole rings is 2. The van der Waals surface area contributed by atoms with Crippen molar-refractivity contribution >= 4 is 70.3 Å². The molecule has 0 aliphatic heterocycles. The number of aryl methyl sites for hydroxylation is 2. The number of ketones is 1. The number of fused-ring (bicyclic) bond motifs is 2. The predicted molar refractivity (Wildman–Crippen MR) is 384 cm³/mol. The van der Waals surface area contributed by atoms with E-state index in [1.54, 1.807) is 106 Å². The van der Waals surface area contributed by atoms with Crippen LogP contribution >= 0.6 is 0 Å². The van der Waals surface area contributed by atoms with E-state index in [1.807, 2.05) is 96.6 Å². The van der Waals surface area contributed by atoms with Gasteiger partial charge in [-0.2, -0.15) is 0 Å². The van der Waals surface area contributed by atoms with E-state index in [1.165, 1.54) is 34.7 Å². The molecule has 31 nitrogen and oxygen atoms in total. The molecule has 31 heteroatoms. The van der Waals surface area contributed by atoms with Crippen molar-refractivity contribution in [3.05, 3.63) is 96.7 Å². The molecule has 0 bridgehead atoms. The SMILES string of the molecule is C.CNC.C[C@@H](CC(=O)OC(C)(C)C)CC(=O)N(C)C.C[C@@H](N)CC(=O)N(C)C.C[C@H](CC(=O)O)CC(=O)OC(C)(C)C.Cc1cnc2ccc(-c3nc(C(=O)C[C@H](C)CC(=O)N(C)C)c(N)nc3-c3ncco3)cn12.Cc1cnc2ccc(-c3nc(C(=O)O)c(N)nc3-c3ncco3)cn12. The summed E-state index contributed by atoms with van der Waals surface area (Å²) in [6.45, 7) is 22.0. The molecule has 8 aromatic heterocycles. The number of hydrogen-bond donors (Lipinski definition) is 6. The van der Waals surface area contributed by atoms with Crippen LogP contribution in [0.5, 0.6) is 0 Å². The third-order valence-electron chi connectivity index (χ3n) is 13.5. The summed E-state index contributed by atoms with van der Waals surface area (Å²) in [4.78, 5) is 131. The third-order valence-corrected chi connectivity index (χ3v) is 13.5. The van der Waals surface area contributed by atoms with Gasteiger partial charge in [-0.15, -0.1) is 0 Å². The van der Waals surface area contributed by atoms with E-state index in [4.69, 9.17) is 40.6 Å². The number of amides is 3. The third kappa shape index (κ3) is 29.0. The molecule has 0 aromatic carbocycles. The van der Waals surface area contributed by atoms with E-state index in [0.29, 0.717) is 41.1 Å². The Labute approximate surface area is 590 Å². The summed E-state index contributed by atoms with van der Waals surface area (Å²) >= 11 is 0. The van der Waals surface area contributed by atoms with Crippen LogP contribution in [0.2, 0.25) is 0 Å². The molecule has 552 valence electrons. The summed E-state index contributed by atoms with van der Waals surface area (Å²) in [5.74, 6) is -3.03. The van der Waals surface area contributed by atoms with Crippen molar-refractivity contribution in [2.45, 2.75) is 153 Å². The number of carbonyl (C=O) groups excluding carboxylic acids is 6. The van der Waals surface area contributed by atoms with Crippen LogP contribution in [0.3, 0.4) is 0 Å². The minimum absolute atomic E-state index is 0. The maximum absolute atomic E-state index is 13.1. The molecule has 8 aromatic rings. The number of ether oxygens (including phenoxy) is 2. The molecule has 3 amide bonds. The van der Waals surface area contributed by atoms with Crippen LogP contribution in [-0.2, 0) is 38.2 Å². The number of rotatable bonds is 20. The van der Waals surface area contributed by atoms with Gasteiger partial charge in [0.2, 0.25) is 29.5 Å². The standard InChI is InChI=1S/C23H25N7O3.C16H12N6O3.C12H23NO3.C10H18O4.C6H14N2O.C2H7N.CH4/c1-13(10-18(32)29(3)4)9-16(31)20-22(24)28-21(23-25-7-8-33-23)19(27-20)15-5-6-17-26-11-14(2)30(17)12-15;1-8-6-19-10-3-2-9(7-22(8)10)11-12(15-18-4-5-25-15)21-14(17)13(20-11)16(23)24;1-9(7-10(14)13(5)6)8-11(15)16-12(2,3)4;1-7(5-8(11)12)6-9(13)14-10(2,3)4;1-5(7)4-6(9)8(2)3;1-3-2;/h5-8,11-13H,9-10H2,1-4H3,(H2,24,28);2-7H,1H3,(H2,17,21)(H,23,24);9H,7-8H2,1-6H3;7H,5-6H2,1-4H3,(H,11,12);5H,4,7H2,1-3H3;3H,1-2H3;1H4/t13-;;9-;7-;5-;;/m0.111../s1. The fourth-order valence-corrected chi connectivity index (χ4v) is 8.81. The number of nitrogens with two attached hydrogens (primary N) is 3. The van der Waals surface area contributed by atoms with Gasteiger partial charge in [0.15, 0.2) is 34.5 Å². The molecule has 8 heterocycles. The normalized spacial score (nSPS) is 12.0. The van der Waals surface area contributed by atoms with Crippen LogP contribution < -0.4 is 22.5 Å². The molecular formula is C70H103N17O14. The monoisotopic (exact) mass is 1410 g/mol. The van der Waals surface area contributed by atoms with Gasteiger partial charge in [-0.05, 0) is 118 Å². The van der Waals surface area contributed by atoms with Gasteiger partial charge in [0, 0.05) is 141 Å². The number of nitrogens with zero attached hydrogens (tertiary/aromatic N) is 13. The largest absolute Gasteiger partial charge is 0.481 e. The molecule has 0 aliphatic carbocycles. The zero-order valence-corrected chi connectivity index (χ0v) is 61.0. The number of carboxylic acid groups (broad SMARTS) is 2. The zero-order chi connectivity index (χ0) is 75.7. The fourth-order valence-electron chi connectivity index (χ4n) is 8.81. The Morgan fingerprint density at radius 2 is 0.891 bits per heavy atom. The van der Waals surface area contributed by atoms with Crippen molar-refractivity contribution in [1.29, 1.82) is 0 Å². The van der Waals surface area contributed by atoms with E-state index in [2.05, 4.69) is 45.2 Å².